The van der Waals surface area contributed by atoms with Crippen molar-refractivity contribution in [2.24, 2.45) is 5.92 Å². The standard InChI is InChI=1S/C12H27NO/c1-6-8-11(3)9-13-10-12(4,5)14-7-2/h11,13H,6-10H2,1-5H3. The van der Waals surface area contributed by atoms with Gasteiger partial charge in [-0.1, -0.05) is 20.3 Å². The summed E-state index contributed by atoms with van der Waals surface area (Å²) in [6.07, 6.45) is 2.58. The Bertz CT molecular complexity index is 134. The van der Waals surface area contributed by atoms with Crippen LogP contribution < -0.4 is 5.32 Å². The third kappa shape index (κ3) is 7.34. The number of nitrogens with one attached hydrogen (secondary N) is 1. The van der Waals surface area contributed by atoms with Crippen LogP contribution in [0.4, 0.5) is 0 Å². The largest absolute Gasteiger partial charge is 0.375 e. The quantitative estimate of drug-likeness (QED) is 0.652. The minimum atomic E-state index is -0.0271. The summed E-state index contributed by atoms with van der Waals surface area (Å²) in [5.74, 6) is 0.775. The summed E-state index contributed by atoms with van der Waals surface area (Å²) in [4.78, 5) is 0. The van der Waals surface area contributed by atoms with E-state index in [1.54, 1.807) is 0 Å². The average molecular weight is 201 g/mol. The van der Waals surface area contributed by atoms with E-state index in [0.29, 0.717) is 0 Å². The monoisotopic (exact) mass is 201 g/mol. The predicted molar refractivity (Wildman–Crippen MR) is 62.6 cm³/mol. The maximum absolute atomic E-state index is 5.61. The van der Waals surface area contributed by atoms with E-state index < -0.39 is 0 Å². The van der Waals surface area contributed by atoms with Crippen LogP contribution in [0.5, 0.6) is 0 Å². The number of rotatable bonds is 8. The summed E-state index contributed by atoms with van der Waals surface area (Å²) in [6, 6.07) is 0. The van der Waals surface area contributed by atoms with Crippen molar-refractivity contribution in [2.75, 3.05) is 19.7 Å². The van der Waals surface area contributed by atoms with Crippen molar-refractivity contribution in [3.8, 4) is 0 Å². The fourth-order valence-electron chi connectivity index (χ4n) is 1.66. The minimum Gasteiger partial charge on any atom is -0.375 e. The highest BCUT2D eigenvalue weighted by atomic mass is 16.5. The molecule has 0 spiro atoms. The Kier molecular flexibility index (Phi) is 7.20. The van der Waals surface area contributed by atoms with E-state index in [1.807, 2.05) is 6.92 Å². The van der Waals surface area contributed by atoms with Gasteiger partial charge in [0, 0.05) is 13.2 Å². The lowest BCUT2D eigenvalue weighted by molar-refractivity contribution is -0.00916. The van der Waals surface area contributed by atoms with Crippen LogP contribution in [-0.4, -0.2) is 25.3 Å². The zero-order valence-corrected chi connectivity index (χ0v) is 10.5. The summed E-state index contributed by atoms with van der Waals surface area (Å²) in [6.45, 7) is 13.7. The summed E-state index contributed by atoms with van der Waals surface area (Å²) in [5, 5.41) is 3.47. The second-order valence-electron chi connectivity index (χ2n) is 4.72. The van der Waals surface area contributed by atoms with Gasteiger partial charge in [-0.2, -0.15) is 0 Å². The topological polar surface area (TPSA) is 21.3 Å². The van der Waals surface area contributed by atoms with Crippen LogP contribution in [0.3, 0.4) is 0 Å². The molecule has 0 aromatic heterocycles. The normalized spacial score (nSPS) is 14.4. The van der Waals surface area contributed by atoms with Crippen LogP contribution in [0, 0.1) is 5.92 Å². The molecule has 0 aromatic carbocycles. The van der Waals surface area contributed by atoms with Crippen molar-refractivity contribution < 1.29 is 4.74 Å². The molecule has 0 aliphatic heterocycles. The summed E-state index contributed by atoms with van der Waals surface area (Å²) in [7, 11) is 0. The number of hydrogen-bond acceptors (Lipinski definition) is 2. The third-order valence-electron chi connectivity index (χ3n) is 2.36. The molecule has 1 N–H and O–H groups in total. The molecule has 0 radical (unpaired) electrons. The van der Waals surface area contributed by atoms with Crippen LogP contribution in [0.2, 0.25) is 0 Å². The summed E-state index contributed by atoms with van der Waals surface area (Å²) >= 11 is 0. The first-order valence-corrected chi connectivity index (χ1v) is 5.86. The maximum atomic E-state index is 5.61. The summed E-state index contributed by atoms with van der Waals surface area (Å²) < 4.78 is 5.61. The Hall–Kier alpha value is -0.0800. The molecule has 1 unspecified atom stereocenters. The molecular formula is C12H27NO. The maximum Gasteiger partial charge on any atom is 0.0750 e. The Morgan fingerprint density at radius 3 is 2.43 bits per heavy atom. The Morgan fingerprint density at radius 2 is 1.93 bits per heavy atom. The second-order valence-corrected chi connectivity index (χ2v) is 4.72. The minimum absolute atomic E-state index is 0.0271. The lowest BCUT2D eigenvalue weighted by atomic mass is 10.1. The first-order valence-electron chi connectivity index (χ1n) is 5.86. The highest BCUT2D eigenvalue weighted by Crippen LogP contribution is 2.08. The van der Waals surface area contributed by atoms with Gasteiger partial charge < -0.3 is 10.1 Å². The molecule has 0 fully saturated rings. The predicted octanol–water partition coefficient (Wildman–Crippen LogP) is 2.83. The SMILES string of the molecule is CCCC(C)CNCC(C)(C)OCC. The van der Waals surface area contributed by atoms with E-state index in [-0.39, 0.29) is 5.60 Å². The van der Waals surface area contributed by atoms with E-state index in [9.17, 15) is 0 Å². The molecule has 0 heterocycles. The van der Waals surface area contributed by atoms with Crippen LogP contribution in [0.1, 0.15) is 47.5 Å². The molecule has 86 valence electrons. The fraction of sp³-hybridized carbons (Fsp3) is 1.00. The van der Waals surface area contributed by atoms with Gasteiger partial charge in [-0.25, -0.2) is 0 Å². The van der Waals surface area contributed by atoms with Gasteiger partial charge in [0.25, 0.3) is 0 Å². The first kappa shape index (κ1) is 13.9. The van der Waals surface area contributed by atoms with Crippen molar-refractivity contribution in [2.45, 2.75) is 53.1 Å². The van der Waals surface area contributed by atoms with Gasteiger partial charge in [-0.05, 0) is 39.7 Å². The summed E-state index contributed by atoms with van der Waals surface area (Å²) in [5.41, 5.74) is -0.0271. The van der Waals surface area contributed by atoms with Crippen molar-refractivity contribution in [3.05, 3.63) is 0 Å². The van der Waals surface area contributed by atoms with Crippen molar-refractivity contribution in [3.63, 3.8) is 0 Å². The molecule has 0 saturated heterocycles. The molecular weight excluding hydrogens is 174 g/mol. The molecule has 0 aromatic rings. The van der Waals surface area contributed by atoms with E-state index in [4.69, 9.17) is 4.74 Å². The lowest BCUT2D eigenvalue weighted by Crippen LogP contribution is -2.39. The highest BCUT2D eigenvalue weighted by molar-refractivity contribution is 4.72. The van der Waals surface area contributed by atoms with Crippen LogP contribution in [-0.2, 0) is 4.74 Å². The van der Waals surface area contributed by atoms with Crippen LogP contribution >= 0.6 is 0 Å². The van der Waals surface area contributed by atoms with Crippen LogP contribution in [0.25, 0.3) is 0 Å². The number of hydrogen-bond donors (Lipinski definition) is 1. The molecule has 0 amide bonds. The molecule has 0 aliphatic carbocycles. The van der Waals surface area contributed by atoms with Crippen LogP contribution in [0.15, 0.2) is 0 Å². The van der Waals surface area contributed by atoms with Gasteiger partial charge in [0.1, 0.15) is 0 Å². The van der Waals surface area contributed by atoms with E-state index >= 15 is 0 Å². The van der Waals surface area contributed by atoms with Crippen molar-refractivity contribution in [1.29, 1.82) is 0 Å². The molecule has 0 aliphatic rings. The van der Waals surface area contributed by atoms with Gasteiger partial charge in [0.15, 0.2) is 0 Å². The smallest absolute Gasteiger partial charge is 0.0750 e. The van der Waals surface area contributed by atoms with Gasteiger partial charge in [0.2, 0.25) is 0 Å². The Morgan fingerprint density at radius 1 is 1.29 bits per heavy atom. The second kappa shape index (κ2) is 7.24. The highest BCUT2D eigenvalue weighted by Gasteiger charge is 2.16. The first-order chi connectivity index (χ1) is 6.52. The molecule has 14 heavy (non-hydrogen) atoms. The molecule has 2 nitrogen and oxygen atoms in total. The van der Waals surface area contributed by atoms with Gasteiger partial charge in [-0.3, -0.25) is 0 Å². The van der Waals surface area contributed by atoms with Gasteiger partial charge in [-0.15, -0.1) is 0 Å². The molecule has 0 bridgehead atoms. The molecule has 0 saturated carbocycles. The Balaban J connectivity index is 3.51. The number of ether oxygens (including phenoxy) is 1. The molecule has 2 heteroatoms. The molecule has 0 rings (SSSR count). The fourth-order valence-corrected chi connectivity index (χ4v) is 1.66. The zero-order valence-electron chi connectivity index (χ0n) is 10.5. The Labute approximate surface area is 89.4 Å². The van der Waals surface area contributed by atoms with E-state index in [1.165, 1.54) is 12.8 Å². The van der Waals surface area contributed by atoms with Gasteiger partial charge in [0.05, 0.1) is 5.60 Å². The van der Waals surface area contributed by atoms with Gasteiger partial charge >= 0.3 is 0 Å². The van der Waals surface area contributed by atoms with E-state index in [0.717, 1.165) is 25.6 Å². The van der Waals surface area contributed by atoms with Crippen molar-refractivity contribution in [1.82, 2.24) is 5.32 Å². The molecule has 1 atom stereocenters. The van der Waals surface area contributed by atoms with E-state index in [2.05, 4.69) is 33.0 Å². The average Bonchev–Trinajstić information content (AvgIpc) is 2.03. The van der Waals surface area contributed by atoms with Crippen molar-refractivity contribution >= 4 is 0 Å². The third-order valence-corrected chi connectivity index (χ3v) is 2.36. The zero-order chi connectivity index (χ0) is 11.0. The lowest BCUT2D eigenvalue weighted by Gasteiger charge is -2.25.